The largest absolute Gasteiger partial charge is 0.507 e. The Morgan fingerprint density at radius 1 is 0.596 bits per heavy atom. The average molecular weight is 636 g/mol. The second-order valence-corrected chi connectivity index (χ2v) is 13.1. The number of rotatable bonds is 19. The second-order valence-electron chi connectivity index (χ2n) is 13.1. The van der Waals surface area contributed by atoms with Crippen LogP contribution in [0.25, 0.3) is 34.2 Å². The molecule has 0 spiro atoms. The van der Waals surface area contributed by atoms with Crippen molar-refractivity contribution in [1.82, 2.24) is 15.0 Å². The van der Waals surface area contributed by atoms with Crippen LogP contribution in [0.5, 0.6) is 11.5 Å². The molecule has 0 radical (unpaired) electrons. The van der Waals surface area contributed by atoms with Gasteiger partial charge in [0.05, 0.1) is 5.56 Å². The number of carbonyl (C=O) groups is 1. The van der Waals surface area contributed by atoms with Crippen molar-refractivity contribution in [2.24, 2.45) is 0 Å². The Hall–Kier alpha value is -4.06. The predicted molar refractivity (Wildman–Crippen MR) is 193 cm³/mol. The van der Waals surface area contributed by atoms with E-state index in [4.69, 9.17) is 19.7 Å². The third-order valence-corrected chi connectivity index (χ3v) is 8.80. The molecule has 6 heteroatoms. The number of aromatic nitrogens is 3. The summed E-state index contributed by atoms with van der Waals surface area (Å²) in [5.74, 6) is 1.97. The van der Waals surface area contributed by atoms with E-state index in [-0.39, 0.29) is 18.1 Å². The van der Waals surface area contributed by atoms with Crippen LogP contribution in [0.3, 0.4) is 0 Å². The van der Waals surface area contributed by atoms with Gasteiger partial charge < -0.3 is 9.84 Å². The van der Waals surface area contributed by atoms with Crippen LogP contribution in [-0.2, 0) is 4.79 Å². The molecule has 0 aliphatic heterocycles. The van der Waals surface area contributed by atoms with Gasteiger partial charge in [-0.15, -0.1) is 0 Å². The zero-order valence-corrected chi connectivity index (χ0v) is 29.2. The maximum atomic E-state index is 12.5. The van der Waals surface area contributed by atoms with Gasteiger partial charge in [-0.2, -0.15) is 0 Å². The van der Waals surface area contributed by atoms with E-state index in [0.717, 1.165) is 46.2 Å². The minimum absolute atomic E-state index is 0.00370. The van der Waals surface area contributed by atoms with Crippen molar-refractivity contribution in [3.05, 3.63) is 76.9 Å². The summed E-state index contributed by atoms with van der Waals surface area (Å²) in [6, 6.07) is 17.4. The number of hydrogen-bond donors (Lipinski definition) is 1. The molecule has 0 unspecified atom stereocenters. The molecule has 3 aromatic carbocycles. The molecule has 250 valence electrons. The quantitative estimate of drug-likeness (QED) is 0.103. The first kappa shape index (κ1) is 35.8. The van der Waals surface area contributed by atoms with Crippen LogP contribution in [0.1, 0.15) is 113 Å². The third kappa shape index (κ3) is 11.0. The SMILES string of the molecule is CCCCCCCCCCCCCCC(=O)COc1ccc(-c2nc(-c3ccc(C)cc3C)nc(-c3ccc(C)cc3C)n2)c(O)c1. The van der Waals surface area contributed by atoms with Gasteiger partial charge in [-0.1, -0.05) is 125 Å². The molecule has 0 aliphatic carbocycles. The van der Waals surface area contributed by atoms with Gasteiger partial charge in [-0.3, -0.25) is 4.79 Å². The van der Waals surface area contributed by atoms with E-state index in [1.54, 1.807) is 12.1 Å². The summed E-state index contributed by atoms with van der Waals surface area (Å²) < 4.78 is 5.77. The molecule has 47 heavy (non-hydrogen) atoms. The van der Waals surface area contributed by atoms with Crippen LogP contribution in [0, 0.1) is 27.7 Å². The molecule has 4 rings (SSSR count). The van der Waals surface area contributed by atoms with Crippen molar-refractivity contribution in [1.29, 1.82) is 0 Å². The molecule has 0 amide bonds. The Balaban J connectivity index is 1.35. The normalized spacial score (nSPS) is 11.2. The van der Waals surface area contributed by atoms with Gasteiger partial charge >= 0.3 is 0 Å². The zero-order valence-electron chi connectivity index (χ0n) is 29.2. The Kier molecular flexibility index (Phi) is 14.0. The highest BCUT2D eigenvalue weighted by Gasteiger charge is 2.17. The summed E-state index contributed by atoms with van der Waals surface area (Å²) in [6.07, 6.45) is 15.7. The summed E-state index contributed by atoms with van der Waals surface area (Å²) in [4.78, 5) is 27.0. The highest BCUT2D eigenvalue weighted by atomic mass is 16.5. The first-order chi connectivity index (χ1) is 22.7. The van der Waals surface area contributed by atoms with Crippen molar-refractivity contribution in [2.75, 3.05) is 6.61 Å². The van der Waals surface area contributed by atoms with E-state index in [2.05, 4.69) is 32.9 Å². The van der Waals surface area contributed by atoms with E-state index >= 15 is 0 Å². The number of nitrogens with zero attached hydrogens (tertiary/aromatic N) is 3. The second kappa shape index (κ2) is 18.3. The lowest BCUT2D eigenvalue weighted by Crippen LogP contribution is -2.11. The topological polar surface area (TPSA) is 85.2 Å². The highest BCUT2D eigenvalue weighted by Crippen LogP contribution is 2.34. The minimum Gasteiger partial charge on any atom is -0.507 e. The fraction of sp³-hybridized carbons (Fsp3) is 0.463. The number of phenolic OH excluding ortho intramolecular Hbond substituents is 1. The predicted octanol–water partition coefficient (Wildman–Crippen LogP) is 10.9. The number of phenols is 1. The molecule has 1 N–H and O–H groups in total. The summed E-state index contributed by atoms with van der Waals surface area (Å²) in [6.45, 7) is 10.5. The summed E-state index contributed by atoms with van der Waals surface area (Å²) in [5, 5.41) is 11.1. The molecule has 4 aromatic rings. The van der Waals surface area contributed by atoms with Crippen LogP contribution in [-0.4, -0.2) is 32.4 Å². The number of carbonyl (C=O) groups excluding carboxylic acids is 1. The minimum atomic E-state index is -0.0136. The number of aryl methyl sites for hydroxylation is 4. The van der Waals surface area contributed by atoms with E-state index in [0.29, 0.717) is 35.2 Å². The van der Waals surface area contributed by atoms with Gasteiger partial charge in [0.25, 0.3) is 0 Å². The van der Waals surface area contributed by atoms with E-state index < -0.39 is 0 Å². The Bertz CT molecular complexity index is 1540. The molecule has 1 heterocycles. The molecule has 0 aliphatic rings. The number of Topliss-reactive ketones (excluding diaryl/α,β-unsaturated/α-hetero) is 1. The zero-order chi connectivity index (χ0) is 33.6. The van der Waals surface area contributed by atoms with Crippen molar-refractivity contribution in [2.45, 2.75) is 118 Å². The maximum absolute atomic E-state index is 12.5. The summed E-state index contributed by atoms with van der Waals surface area (Å²) in [7, 11) is 0. The number of benzene rings is 3. The molecule has 0 atom stereocenters. The lowest BCUT2D eigenvalue weighted by molar-refractivity contribution is -0.121. The first-order valence-corrected chi connectivity index (χ1v) is 17.6. The van der Waals surface area contributed by atoms with Crippen molar-refractivity contribution >= 4 is 5.78 Å². The number of unbranched alkanes of at least 4 members (excludes halogenated alkanes) is 11. The lowest BCUT2D eigenvalue weighted by atomic mass is 10.0. The van der Waals surface area contributed by atoms with E-state index in [9.17, 15) is 9.90 Å². The van der Waals surface area contributed by atoms with Gasteiger partial charge in [-0.25, -0.2) is 15.0 Å². The molecule has 1 aromatic heterocycles. The van der Waals surface area contributed by atoms with Gasteiger partial charge in [0.15, 0.2) is 23.3 Å². The maximum Gasteiger partial charge on any atom is 0.170 e. The molecule has 6 nitrogen and oxygen atoms in total. The molecule has 0 bridgehead atoms. The fourth-order valence-electron chi connectivity index (χ4n) is 6.06. The highest BCUT2D eigenvalue weighted by molar-refractivity contribution is 5.80. The smallest absolute Gasteiger partial charge is 0.170 e. The van der Waals surface area contributed by atoms with Crippen LogP contribution in [0.2, 0.25) is 0 Å². The number of ether oxygens (including phenoxy) is 1. The fourth-order valence-corrected chi connectivity index (χ4v) is 6.06. The molecule has 0 saturated heterocycles. The van der Waals surface area contributed by atoms with Crippen LogP contribution < -0.4 is 4.74 Å². The lowest BCUT2D eigenvalue weighted by Gasteiger charge is -2.13. The summed E-state index contributed by atoms with van der Waals surface area (Å²) >= 11 is 0. The third-order valence-electron chi connectivity index (χ3n) is 8.80. The van der Waals surface area contributed by atoms with Crippen molar-refractivity contribution < 1.29 is 14.6 Å². The first-order valence-electron chi connectivity index (χ1n) is 17.6. The Labute approximate surface area is 282 Å². The Morgan fingerprint density at radius 3 is 1.51 bits per heavy atom. The molecule has 0 saturated carbocycles. The number of ketones is 1. The molecular weight excluding hydrogens is 582 g/mol. The average Bonchev–Trinajstić information content (AvgIpc) is 3.04. The van der Waals surface area contributed by atoms with Gasteiger partial charge in [0.1, 0.15) is 18.1 Å². The van der Waals surface area contributed by atoms with Crippen molar-refractivity contribution in [3.63, 3.8) is 0 Å². The van der Waals surface area contributed by atoms with Crippen LogP contribution in [0.4, 0.5) is 0 Å². The van der Waals surface area contributed by atoms with Crippen molar-refractivity contribution in [3.8, 4) is 45.7 Å². The summed E-state index contributed by atoms with van der Waals surface area (Å²) in [5.41, 5.74) is 6.75. The van der Waals surface area contributed by atoms with Crippen LogP contribution >= 0.6 is 0 Å². The van der Waals surface area contributed by atoms with Gasteiger partial charge in [0, 0.05) is 23.6 Å². The molecule has 0 fully saturated rings. The molecular formula is C41H53N3O3. The van der Waals surface area contributed by atoms with Gasteiger partial charge in [-0.05, 0) is 57.4 Å². The van der Waals surface area contributed by atoms with Crippen LogP contribution in [0.15, 0.2) is 54.6 Å². The van der Waals surface area contributed by atoms with E-state index in [1.807, 2.05) is 38.1 Å². The van der Waals surface area contributed by atoms with E-state index in [1.165, 1.54) is 70.3 Å². The number of hydrogen-bond acceptors (Lipinski definition) is 6. The monoisotopic (exact) mass is 635 g/mol. The number of aromatic hydroxyl groups is 1. The Morgan fingerprint density at radius 2 is 1.04 bits per heavy atom. The van der Waals surface area contributed by atoms with Gasteiger partial charge in [0.2, 0.25) is 0 Å². The standard InChI is InChI=1S/C41H53N3O3/c1-6-7-8-9-10-11-12-13-14-15-16-17-18-33(45)28-47-34-21-24-37(38(46)27-34)41-43-39(35-22-19-29(2)25-31(35)4)42-40(44-41)36-23-20-30(3)26-32(36)5/h19-27,46H,6-18,28H2,1-5H3.